The fourth-order valence-corrected chi connectivity index (χ4v) is 4.68. The van der Waals surface area contributed by atoms with E-state index in [-0.39, 0.29) is 5.97 Å². The van der Waals surface area contributed by atoms with E-state index in [9.17, 15) is 4.79 Å². The summed E-state index contributed by atoms with van der Waals surface area (Å²) in [5.74, 6) is -0.351. The SMILES string of the molecule is CCOC(=O)c1sc2c(-c3cc(Cl)cc(Cl)c3)cncc2c1Br. The predicted octanol–water partition coefficient (Wildman–Crippen LogP) is 6.21. The number of thiophene rings is 1. The van der Waals surface area contributed by atoms with E-state index in [1.54, 1.807) is 25.4 Å². The largest absolute Gasteiger partial charge is 0.462 e. The summed E-state index contributed by atoms with van der Waals surface area (Å²) < 4.78 is 6.72. The Kier molecular flexibility index (Phi) is 4.92. The predicted molar refractivity (Wildman–Crippen MR) is 98.7 cm³/mol. The zero-order valence-electron chi connectivity index (χ0n) is 11.9. The van der Waals surface area contributed by atoms with Crippen molar-refractivity contribution < 1.29 is 9.53 Å². The number of hydrogen-bond donors (Lipinski definition) is 0. The Hall–Kier alpha value is -1.14. The smallest absolute Gasteiger partial charge is 0.349 e. The van der Waals surface area contributed by atoms with E-state index < -0.39 is 0 Å². The van der Waals surface area contributed by atoms with Crippen LogP contribution in [-0.4, -0.2) is 17.6 Å². The Bertz CT molecular complexity index is 890. The second kappa shape index (κ2) is 6.77. The number of fused-ring (bicyclic) bond motifs is 1. The number of rotatable bonds is 3. The molecule has 0 atom stereocenters. The maximum Gasteiger partial charge on any atom is 0.349 e. The highest BCUT2D eigenvalue weighted by atomic mass is 79.9. The molecule has 0 N–H and O–H groups in total. The van der Waals surface area contributed by atoms with Crippen LogP contribution in [0.2, 0.25) is 10.0 Å². The third-order valence-corrected chi connectivity index (χ3v) is 5.91. The van der Waals surface area contributed by atoms with Gasteiger partial charge in [0.05, 0.1) is 11.1 Å². The van der Waals surface area contributed by atoms with Gasteiger partial charge in [0, 0.05) is 38.1 Å². The van der Waals surface area contributed by atoms with Gasteiger partial charge in [0.2, 0.25) is 0 Å². The van der Waals surface area contributed by atoms with Crippen LogP contribution in [0.15, 0.2) is 35.1 Å². The minimum absolute atomic E-state index is 0.328. The number of ether oxygens (including phenoxy) is 1. The Labute approximate surface area is 155 Å². The number of aromatic nitrogens is 1. The first kappa shape index (κ1) is 16.7. The number of carbonyl (C=O) groups is 1. The van der Waals surface area contributed by atoms with Crippen molar-refractivity contribution in [3.8, 4) is 11.1 Å². The molecule has 2 aromatic heterocycles. The summed E-state index contributed by atoms with van der Waals surface area (Å²) in [4.78, 5) is 16.9. The molecule has 0 saturated carbocycles. The highest BCUT2D eigenvalue weighted by molar-refractivity contribution is 9.10. The van der Waals surface area contributed by atoms with Gasteiger partial charge in [-0.2, -0.15) is 0 Å². The Morgan fingerprint density at radius 1 is 1.26 bits per heavy atom. The molecular formula is C16H10BrCl2NO2S. The summed E-state index contributed by atoms with van der Waals surface area (Å²) in [6, 6.07) is 5.32. The summed E-state index contributed by atoms with van der Waals surface area (Å²) in [6.07, 6.45) is 3.45. The van der Waals surface area contributed by atoms with Gasteiger partial charge in [-0.1, -0.05) is 23.2 Å². The first-order chi connectivity index (χ1) is 11.0. The van der Waals surface area contributed by atoms with Crippen molar-refractivity contribution in [1.82, 2.24) is 4.98 Å². The van der Waals surface area contributed by atoms with Gasteiger partial charge >= 0.3 is 5.97 Å². The van der Waals surface area contributed by atoms with E-state index >= 15 is 0 Å². The number of esters is 1. The second-order valence-electron chi connectivity index (χ2n) is 4.69. The van der Waals surface area contributed by atoms with Gasteiger partial charge in [0.1, 0.15) is 4.88 Å². The second-order valence-corrected chi connectivity index (χ2v) is 7.37. The lowest BCUT2D eigenvalue weighted by atomic mass is 10.1. The molecule has 0 aliphatic rings. The van der Waals surface area contributed by atoms with Gasteiger partial charge in [-0.3, -0.25) is 4.98 Å². The minimum atomic E-state index is -0.351. The lowest BCUT2D eigenvalue weighted by Gasteiger charge is -2.04. The maximum atomic E-state index is 12.1. The molecule has 3 rings (SSSR count). The summed E-state index contributed by atoms with van der Waals surface area (Å²) in [5, 5.41) is 1.95. The van der Waals surface area contributed by atoms with Gasteiger partial charge in [-0.05, 0) is 46.6 Å². The maximum absolute atomic E-state index is 12.1. The molecule has 0 saturated heterocycles. The van der Waals surface area contributed by atoms with Crippen molar-refractivity contribution >= 4 is 66.5 Å². The summed E-state index contributed by atoms with van der Waals surface area (Å²) in [7, 11) is 0. The van der Waals surface area contributed by atoms with E-state index in [1.807, 2.05) is 12.1 Å². The highest BCUT2D eigenvalue weighted by Gasteiger charge is 2.20. The molecule has 0 unspecified atom stereocenters. The average Bonchev–Trinajstić information content (AvgIpc) is 2.84. The number of hydrogen-bond acceptors (Lipinski definition) is 4. The van der Waals surface area contributed by atoms with Crippen molar-refractivity contribution in [2.24, 2.45) is 0 Å². The topological polar surface area (TPSA) is 39.2 Å². The molecule has 118 valence electrons. The molecule has 3 nitrogen and oxygen atoms in total. The first-order valence-electron chi connectivity index (χ1n) is 6.71. The van der Waals surface area contributed by atoms with Gasteiger partial charge in [-0.15, -0.1) is 11.3 Å². The first-order valence-corrected chi connectivity index (χ1v) is 9.07. The summed E-state index contributed by atoms with van der Waals surface area (Å²) in [6.45, 7) is 2.11. The molecule has 0 fully saturated rings. The van der Waals surface area contributed by atoms with Crippen LogP contribution in [0.5, 0.6) is 0 Å². The van der Waals surface area contributed by atoms with Crippen LogP contribution in [0.25, 0.3) is 21.2 Å². The summed E-state index contributed by atoms with van der Waals surface area (Å²) in [5.41, 5.74) is 1.72. The van der Waals surface area contributed by atoms with Gasteiger partial charge in [0.15, 0.2) is 0 Å². The van der Waals surface area contributed by atoms with E-state index in [2.05, 4.69) is 20.9 Å². The van der Waals surface area contributed by atoms with Crippen LogP contribution in [0.1, 0.15) is 16.6 Å². The number of benzene rings is 1. The molecule has 0 aliphatic carbocycles. The number of halogens is 3. The molecule has 3 aromatic rings. The molecule has 0 radical (unpaired) electrons. The Balaban J connectivity index is 2.23. The normalized spacial score (nSPS) is 11.0. The molecule has 0 spiro atoms. The lowest BCUT2D eigenvalue weighted by molar-refractivity contribution is 0.0531. The van der Waals surface area contributed by atoms with Crippen LogP contribution in [-0.2, 0) is 4.74 Å². The van der Waals surface area contributed by atoms with Crippen LogP contribution >= 0.6 is 50.5 Å². The lowest BCUT2D eigenvalue weighted by Crippen LogP contribution is -2.02. The third-order valence-electron chi connectivity index (χ3n) is 3.17. The third kappa shape index (κ3) is 3.24. The Morgan fingerprint density at radius 2 is 1.96 bits per heavy atom. The van der Waals surface area contributed by atoms with E-state index in [0.717, 1.165) is 21.2 Å². The molecular weight excluding hydrogens is 421 g/mol. The van der Waals surface area contributed by atoms with Gasteiger partial charge in [-0.25, -0.2) is 4.79 Å². The fourth-order valence-electron chi connectivity index (χ4n) is 2.23. The van der Waals surface area contributed by atoms with Crippen molar-refractivity contribution in [1.29, 1.82) is 0 Å². The molecule has 0 aliphatic heterocycles. The van der Waals surface area contributed by atoms with Crippen LogP contribution in [0.4, 0.5) is 0 Å². The molecule has 23 heavy (non-hydrogen) atoms. The average molecular weight is 431 g/mol. The fraction of sp³-hybridized carbons (Fsp3) is 0.125. The monoisotopic (exact) mass is 429 g/mol. The van der Waals surface area contributed by atoms with Gasteiger partial charge in [0.25, 0.3) is 0 Å². The molecule has 1 aromatic carbocycles. The molecule has 0 amide bonds. The van der Waals surface area contributed by atoms with E-state index in [0.29, 0.717) is 26.0 Å². The quantitative estimate of drug-likeness (QED) is 0.463. The van der Waals surface area contributed by atoms with Crippen molar-refractivity contribution in [3.05, 3.63) is 50.0 Å². The number of pyridine rings is 1. The van der Waals surface area contributed by atoms with Crippen LogP contribution < -0.4 is 0 Å². The highest BCUT2D eigenvalue weighted by Crippen LogP contribution is 2.41. The van der Waals surface area contributed by atoms with E-state index in [4.69, 9.17) is 27.9 Å². The number of carbonyl (C=O) groups excluding carboxylic acids is 1. The van der Waals surface area contributed by atoms with Crippen LogP contribution in [0.3, 0.4) is 0 Å². The molecule has 2 heterocycles. The van der Waals surface area contributed by atoms with Crippen molar-refractivity contribution in [2.45, 2.75) is 6.92 Å². The molecule has 7 heteroatoms. The molecule has 0 bridgehead atoms. The minimum Gasteiger partial charge on any atom is -0.462 e. The van der Waals surface area contributed by atoms with Crippen LogP contribution in [0, 0.1) is 0 Å². The zero-order valence-corrected chi connectivity index (χ0v) is 15.8. The number of nitrogens with zero attached hydrogens (tertiary/aromatic N) is 1. The Morgan fingerprint density at radius 3 is 2.61 bits per heavy atom. The van der Waals surface area contributed by atoms with Crippen molar-refractivity contribution in [3.63, 3.8) is 0 Å². The van der Waals surface area contributed by atoms with E-state index in [1.165, 1.54) is 11.3 Å². The van der Waals surface area contributed by atoms with Gasteiger partial charge < -0.3 is 4.74 Å². The van der Waals surface area contributed by atoms with Crippen molar-refractivity contribution in [2.75, 3.05) is 6.61 Å². The zero-order chi connectivity index (χ0) is 16.6. The summed E-state index contributed by atoms with van der Waals surface area (Å²) >= 11 is 17.0. The standard InChI is InChI=1S/C16H10BrCl2NO2S/c1-2-22-16(21)15-13(17)12-7-20-6-11(14(12)23-15)8-3-9(18)5-10(19)4-8/h3-7H,2H2,1H3.